The standard InChI is InChI=1S/C13H14N2O4/c14-6-5-10(16)8-1-3-9(4-2-8)13(19)11(17)7-12(15)18/h1-4,11,13,17,19H,5,7H2,(H2,15,18). The minimum absolute atomic E-state index is 0.216. The molecular formula is C13H14N2O4. The van der Waals surface area contributed by atoms with E-state index in [0.29, 0.717) is 11.1 Å². The van der Waals surface area contributed by atoms with Crippen LogP contribution in [0, 0.1) is 11.3 Å². The van der Waals surface area contributed by atoms with Crippen molar-refractivity contribution in [1.82, 2.24) is 0 Å². The van der Waals surface area contributed by atoms with Crippen LogP contribution in [0.1, 0.15) is 34.9 Å². The smallest absolute Gasteiger partial charge is 0.220 e. The highest BCUT2D eigenvalue weighted by molar-refractivity contribution is 5.97. The molecule has 19 heavy (non-hydrogen) atoms. The Morgan fingerprint density at radius 1 is 1.26 bits per heavy atom. The molecule has 2 unspecified atom stereocenters. The van der Waals surface area contributed by atoms with Crippen molar-refractivity contribution in [2.75, 3.05) is 0 Å². The summed E-state index contributed by atoms with van der Waals surface area (Å²) in [4.78, 5) is 22.0. The molecule has 0 aliphatic rings. The van der Waals surface area contributed by atoms with E-state index in [0.717, 1.165) is 0 Å². The molecule has 1 rings (SSSR count). The zero-order chi connectivity index (χ0) is 14.4. The van der Waals surface area contributed by atoms with Gasteiger partial charge < -0.3 is 15.9 Å². The molecule has 1 aromatic carbocycles. The highest BCUT2D eigenvalue weighted by Gasteiger charge is 2.20. The Hall–Kier alpha value is -2.23. The summed E-state index contributed by atoms with van der Waals surface area (Å²) in [5.41, 5.74) is 5.63. The number of carbonyl (C=O) groups is 2. The first-order chi connectivity index (χ1) is 8.95. The van der Waals surface area contributed by atoms with E-state index in [9.17, 15) is 19.8 Å². The number of nitriles is 1. The van der Waals surface area contributed by atoms with Crippen molar-refractivity contribution in [3.05, 3.63) is 35.4 Å². The number of rotatable bonds is 6. The second-order valence-corrected chi connectivity index (χ2v) is 4.06. The number of nitrogens with two attached hydrogens (primary N) is 1. The van der Waals surface area contributed by atoms with Gasteiger partial charge in [0.1, 0.15) is 6.10 Å². The van der Waals surface area contributed by atoms with Gasteiger partial charge in [0.15, 0.2) is 5.78 Å². The third kappa shape index (κ3) is 4.17. The largest absolute Gasteiger partial charge is 0.390 e. The molecule has 0 aliphatic carbocycles. The summed E-state index contributed by atoms with van der Waals surface area (Å²) >= 11 is 0. The van der Waals surface area contributed by atoms with E-state index in [4.69, 9.17) is 11.0 Å². The van der Waals surface area contributed by atoms with Crippen molar-refractivity contribution >= 4 is 11.7 Å². The lowest BCUT2D eigenvalue weighted by molar-refractivity contribution is -0.121. The summed E-state index contributed by atoms with van der Waals surface area (Å²) in [6, 6.07) is 7.58. The molecule has 1 aromatic rings. The fraction of sp³-hybridized carbons (Fsp3) is 0.308. The summed E-state index contributed by atoms with van der Waals surface area (Å²) < 4.78 is 0. The number of nitrogens with zero attached hydrogens (tertiary/aromatic N) is 1. The summed E-state index contributed by atoms with van der Waals surface area (Å²) in [6.07, 6.45) is -3.12. The predicted molar refractivity (Wildman–Crippen MR) is 65.8 cm³/mol. The lowest BCUT2D eigenvalue weighted by Crippen LogP contribution is -2.25. The highest BCUT2D eigenvalue weighted by atomic mass is 16.3. The number of aliphatic hydroxyl groups excluding tert-OH is 2. The fourth-order valence-corrected chi connectivity index (χ4v) is 1.58. The first-order valence-corrected chi connectivity index (χ1v) is 5.60. The van der Waals surface area contributed by atoms with E-state index < -0.39 is 18.1 Å². The third-order valence-electron chi connectivity index (χ3n) is 2.59. The number of primary amides is 1. The molecular weight excluding hydrogens is 248 g/mol. The quantitative estimate of drug-likeness (QED) is 0.625. The maximum atomic E-state index is 11.4. The first-order valence-electron chi connectivity index (χ1n) is 5.60. The van der Waals surface area contributed by atoms with Gasteiger partial charge in [-0.25, -0.2) is 0 Å². The van der Waals surface area contributed by atoms with Crippen LogP contribution in [0.3, 0.4) is 0 Å². The number of aliphatic hydroxyl groups is 2. The molecule has 1 amide bonds. The Balaban J connectivity index is 2.78. The normalized spacial score (nSPS) is 13.3. The first kappa shape index (κ1) is 14.8. The van der Waals surface area contributed by atoms with Crippen molar-refractivity contribution in [2.45, 2.75) is 25.0 Å². The Kier molecular flexibility index (Phi) is 5.18. The van der Waals surface area contributed by atoms with Gasteiger partial charge in [-0.05, 0) is 5.56 Å². The van der Waals surface area contributed by atoms with Crippen LogP contribution in [0.4, 0.5) is 0 Å². The van der Waals surface area contributed by atoms with Crippen molar-refractivity contribution in [2.24, 2.45) is 5.73 Å². The van der Waals surface area contributed by atoms with E-state index in [2.05, 4.69) is 0 Å². The maximum absolute atomic E-state index is 11.4. The second kappa shape index (κ2) is 6.64. The highest BCUT2D eigenvalue weighted by Crippen LogP contribution is 2.19. The summed E-state index contributed by atoms with van der Waals surface area (Å²) in [5.74, 6) is -1.03. The molecule has 0 bridgehead atoms. The Labute approximate surface area is 110 Å². The van der Waals surface area contributed by atoms with Gasteiger partial charge in [-0.1, -0.05) is 24.3 Å². The number of benzene rings is 1. The minimum atomic E-state index is -1.29. The van der Waals surface area contributed by atoms with E-state index in [1.807, 2.05) is 0 Å². The Morgan fingerprint density at radius 3 is 2.32 bits per heavy atom. The van der Waals surface area contributed by atoms with E-state index in [1.165, 1.54) is 24.3 Å². The monoisotopic (exact) mass is 262 g/mol. The van der Waals surface area contributed by atoms with Crippen LogP contribution in [0.15, 0.2) is 24.3 Å². The van der Waals surface area contributed by atoms with Gasteiger partial charge in [0, 0.05) is 5.56 Å². The molecule has 0 radical (unpaired) electrons. The third-order valence-corrected chi connectivity index (χ3v) is 2.59. The number of hydrogen-bond donors (Lipinski definition) is 3. The number of ketones is 1. The van der Waals surface area contributed by atoms with Gasteiger partial charge in [-0.15, -0.1) is 0 Å². The van der Waals surface area contributed by atoms with Crippen LogP contribution in [-0.4, -0.2) is 28.0 Å². The lowest BCUT2D eigenvalue weighted by Gasteiger charge is -2.16. The zero-order valence-corrected chi connectivity index (χ0v) is 10.1. The van der Waals surface area contributed by atoms with Crippen LogP contribution in [0.25, 0.3) is 0 Å². The van der Waals surface area contributed by atoms with Crippen LogP contribution in [0.2, 0.25) is 0 Å². The predicted octanol–water partition coefficient (Wildman–Crippen LogP) is 0.0527. The second-order valence-electron chi connectivity index (χ2n) is 4.06. The summed E-state index contributed by atoms with van der Waals surface area (Å²) in [5, 5.41) is 27.7. The minimum Gasteiger partial charge on any atom is -0.390 e. The van der Waals surface area contributed by atoms with Crippen molar-refractivity contribution in [3.63, 3.8) is 0 Å². The van der Waals surface area contributed by atoms with Gasteiger partial charge in [0.2, 0.25) is 5.91 Å². The number of Topliss-reactive ketones (excluding diaryl/α,β-unsaturated/α-hetero) is 1. The molecule has 0 fully saturated rings. The van der Waals surface area contributed by atoms with E-state index >= 15 is 0 Å². The molecule has 100 valence electrons. The maximum Gasteiger partial charge on any atom is 0.220 e. The average molecular weight is 262 g/mol. The van der Waals surface area contributed by atoms with E-state index in [-0.39, 0.29) is 18.6 Å². The average Bonchev–Trinajstić information content (AvgIpc) is 2.37. The molecule has 0 saturated carbocycles. The van der Waals surface area contributed by atoms with Crippen LogP contribution in [-0.2, 0) is 4.79 Å². The van der Waals surface area contributed by atoms with Crippen LogP contribution in [0.5, 0.6) is 0 Å². The van der Waals surface area contributed by atoms with Gasteiger partial charge in [-0.2, -0.15) is 5.26 Å². The molecule has 0 spiro atoms. The van der Waals surface area contributed by atoms with Gasteiger partial charge in [-0.3, -0.25) is 9.59 Å². The molecule has 6 heteroatoms. The van der Waals surface area contributed by atoms with Crippen molar-refractivity contribution < 1.29 is 19.8 Å². The molecule has 2 atom stereocenters. The zero-order valence-electron chi connectivity index (χ0n) is 10.1. The molecule has 0 heterocycles. The van der Waals surface area contributed by atoms with Crippen LogP contribution >= 0.6 is 0 Å². The lowest BCUT2D eigenvalue weighted by atomic mass is 9.99. The molecule has 4 N–H and O–H groups in total. The Morgan fingerprint density at radius 2 is 1.84 bits per heavy atom. The SMILES string of the molecule is N#CCC(=O)c1ccc(C(O)C(O)CC(N)=O)cc1. The molecule has 0 aliphatic heterocycles. The number of hydrogen-bond acceptors (Lipinski definition) is 5. The van der Waals surface area contributed by atoms with Crippen LogP contribution < -0.4 is 5.73 Å². The summed E-state index contributed by atoms with van der Waals surface area (Å²) in [6.45, 7) is 0. The molecule has 0 aromatic heterocycles. The van der Waals surface area contributed by atoms with Crippen molar-refractivity contribution in [3.8, 4) is 6.07 Å². The fourth-order valence-electron chi connectivity index (χ4n) is 1.58. The van der Waals surface area contributed by atoms with E-state index in [1.54, 1.807) is 6.07 Å². The molecule has 0 saturated heterocycles. The topological polar surface area (TPSA) is 124 Å². The van der Waals surface area contributed by atoms with Gasteiger partial charge in [0.25, 0.3) is 0 Å². The van der Waals surface area contributed by atoms with Crippen molar-refractivity contribution in [1.29, 1.82) is 5.26 Å². The van der Waals surface area contributed by atoms with Gasteiger partial charge in [0.05, 0.1) is 25.0 Å². The Bertz CT molecular complexity index is 504. The number of amides is 1. The van der Waals surface area contributed by atoms with Gasteiger partial charge >= 0.3 is 0 Å². The number of carbonyl (C=O) groups excluding carboxylic acids is 2. The molecule has 6 nitrogen and oxygen atoms in total. The summed E-state index contributed by atoms with van der Waals surface area (Å²) in [7, 11) is 0.